The minimum Gasteiger partial charge on any atom is -0.490 e. The second-order valence-corrected chi connectivity index (χ2v) is 10.5. The molecule has 4 rings (SSSR count). The Morgan fingerprint density at radius 1 is 1.11 bits per heavy atom. The molecule has 8 nitrogen and oxygen atoms in total. The molecule has 35 heavy (non-hydrogen) atoms. The highest BCUT2D eigenvalue weighted by Gasteiger charge is 2.42. The second kappa shape index (κ2) is 11.9. The van der Waals surface area contributed by atoms with Gasteiger partial charge < -0.3 is 28.9 Å². The van der Waals surface area contributed by atoms with Crippen molar-refractivity contribution in [3.05, 3.63) is 28.8 Å². The summed E-state index contributed by atoms with van der Waals surface area (Å²) in [7, 11) is 2.07. The number of halogens is 1. The molecule has 3 aliphatic heterocycles. The van der Waals surface area contributed by atoms with Gasteiger partial charge in [-0.2, -0.15) is 0 Å². The summed E-state index contributed by atoms with van der Waals surface area (Å²) in [4.78, 5) is 32.3. The van der Waals surface area contributed by atoms with Gasteiger partial charge in [0, 0.05) is 50.8 Å². The lowest BCUT2D eigenvalue weighted by molar-refractivity contribution is -0.166. The average molecular weight is 508 g/mol. The Bertz CT molecular complexity index is 886. The number of amides is 2. The van der Waals surface area contributed by atoms with Gasteiger partial charge in [-0.15, -0.1) is 0 Å². The minimum absolute atomic E-state index is 0.0441. The lowest BCUT2D eigenvalue weighted by Crippen LogP contribution is -2.59. The minimum atomic E-state index is -0.897. The smallest absolute Gasteiger partial charge is 0.225 e. The van der Waals surface area contributed by atoms with Crippen molar-refractivity contribution in [1.29, 1.82) is 0 Å². The summed E-state index contributed by atoms with van der Waals surface area (Å²) in [6.45, 7) is 7.25. The Morgan fingerprint density at radius 2 is 1.91 bits per heavy atom. The molecule has 0 radical (unpaired) electrons. The monoisotopic (exact) mass is 507 g/mol. The Morgan fingerprint density at radius 3 is 2.63 bits per heavy atom. The van der Waals surface area contributed by atoms with Gasteiger partial charge >= 0.3 is 0 Å². The van der Waals surface area contributed by atoms with Crippen LogP contribution < -0.4 is 4.74 Å². The fraction of sp³-hybridized carbons (Fsp3) is 0.692. The number of piperazine rings is 1. The summed E-state index contributed by atoms with van der Waals surface area (Å²) in [6.07, 6.45) is 3.64. The third-order valence-electron chi connectivity index (χ3n) is 7.27. The number of rotatable bonds is 8. The molecule has 2 atom stereocenters. The standard InChI is InChI=1S/C26H38ClN3O5/c1-20-16-22(5-7-23(20)27)34-19-26(17-25(32)29-11-9-28(2)10-12-29)18-30(13-15-35-26)24(31)8-6-21-4-3-14-33-21/h5,7,16,21H,3-4,6,8-15,17-19H2,1-2H3/t21-,26-/m1/s1. The van der Waals surface area contributed by atoms with Crippen LogP contribution in [0.3, 0.4) is 0 Å². The van der Waals surface area contributed by atoms with Crippen LogP contribution in [0.4, 0.5) is 0 Å². The first-order chi connectivity index (χ1) is 16.8. The fourth-order valence-corrected chi connectivity index (χ4v) is 5.10. The van der Waals surface area contributed by atoms with Crippen LogP contribution in [-0.4, -0.2) is 104 Å². The van der Waals surface area contributed by atoms with Crippen molar-refractivity contribution >= 4 is 23.4 Å². The number of nitrogens with zero attached hydrogens (tertiary/aromatic N) is 3. The molecule has 0 N–H and O–H groups in total. The first-order valence-corrected chi connectivity index (χ1v) is 13.1. The maximum atomic E-state index is 13.3. The molecule has 0 spiro atoms. The largest absolute Gasteiger partial charge is 0.490 e. The van der Waals surface area contributed by atoms with Crippen molar-refractivity contribution in [2.24, 2.45) is 0 Å². The van der Waals surface area contributed by atoms with E-state index < -0.39 is 5.60 Å². The maximum absolute atomic E-state index is 13.3. The predicted molar refractivity (Wildman–Crippen MR) is 134 cm³/mol. The van der Waals surface area contributed by atoms with E-state index >= 15 is 0 Å². The zero-order valence-corrected chi connectivity index (χ0v) is 21.7. The van der Waals surface area contributed by atoms with E-state index in [0.29, 0.717) is 50.0 Å². The van der Waals surface area contributed by atoms with Crippen LogP contribution in [0.25, 0.3) is 0 Å². The fourth-order valence-electron chi connectivity index (χ4n) is 4.98. The first kappa shape index (κ1) is 26.2. The molecular formula is C26H38ClN3O5. The molecule has 9 heteroatoms. The van der Waals surface area contributed by atoms with Crippen molar-refractivity contribution in [2.45, 2.75) is 50.7 Å². The predicted octanol–water partition coefficient (Wildman–Crippen LogP) is 2.75. The molecule has 3 fully saturated rings. The Labute approximate surface area is 213 Å². The third-order valence-corrected chi connectivity index (χ3v) is 7.69. The number of hydrogen-bond acceptors (Lipinski definition) is 6. The highest BCUT2D eigenvalue weighted by molar-refractivity contribution is 6.31. The maximum Gasteiger partial charge on any atom is 0.225 e. The summed E-state index contributed by atoms with van der Waals surface area (Å²) in [5, 5.41) is 0.675. The third kappa shape index (κ3) is 7.09. The van der Waals surface area contributed by atoms with E-state index in [1.807, 2.05) is 28.9 Å². The van der Waals surface area contributed by atoms with Gasteiger partial charge in [0.2, 0.25) is 11.8 Å². The van der Waals surface area contributed by atoms with E-state index in [4.69, 9.17) is 25.8 Å². The number of aryl methyl sites for hydroxylation is 1. The quantitative estimate of drug-likeness (QED) is 0.539. The van der Waals surface area contributed by atoms with Crippen LogP contribution in [0.5, 0.6) is 5.75 Å². The summed E-state index contributed by atoms with van der Waals surface area (Å²) in [5.41, 5.74) is 0.0216. The Balaban J connectivity index is 1.44. The lowest BCUT2D eigenvalue weighted by atomic mass is 9.96. The van der Waals surface area contributed by atoms with Crippen LogP contribution in [0, 0.1) is 6.92 Å². The number of carbonyl (C=O) groups excluding carboxylic acids is 2. The first-order valence-electron chi connectivity index (χ1n) is 12.7. The normalized spacial score (nSPS) is 25.6. The average Bonchev–Trinajstić information content (AvgIpc) is 3.38. The zero-order chi connectivity index (χ0) is 24.8. The van der Waals surface area contributed by atoms with Gasteiger partial charge in [0.25, 0.3) is 0 Å². The molecular weight excluding hydrogens is 470 g/mol. The number of benzene rings is 1. The van der Waals surface area contributed by atoms with Crippen LogP contribution in [0.1, 0.15) is 37.7 Å². The molecule has 2 amide bonds. The lowest BCUT2D eigenvalue weighted by Gasteiger charge is -2.43. The van der Waals surface area contributed by atoms with Crippen molar-refractivity contribution in [3.63, 3.8) is 0 Å². The number of carbonyl (C=O) groups is 2. The van der Waals surface area contributed by atoms with Crippen LogP contribution in [0.2, 0.25) is 5.02 Å². The summed E-state index contributed by atoms with van der Waals surface area (Å²) >= 11 is 6.17. The molecule has 0 aliphatic carbocycles. The molecule has 3 saturated heterocycles. The molecule has 3 heterocycles. The van der Waals surface area contributed by atoms with E-state index in [-0.39, 0.29) is 30.9 Å². The van der Waals surface area contributed by atoms with Gasteiger partial charge in [-0.25, -0.2) is 0 Å². The molecule has 0 saturated carbocycles. The number of hydrogen-bond donors (Lipinski definition) is 0. The molecule has 0 unspecified atom stereocenters. The molecule has 1 aromatic carbocycles. The van der Waals surface area contributed by atoms with Crippen molar-refractivity contribution in [1.82, 2.24) is 14.7 Å². The summed E-state index contributed by atoms with van der Waals surface area (Å²) in [5.74, 6) is 0.800. The molecule has 3 aliphatic rings. The van der Waals surface area contributed by atoms with Gasteiger partial charge in [0.15, 0.2) is 0 Å². The van der Waals surface area contributed by atoms with Crippen LogP contribution in [0.15, 0.2) is 18.2 Å². The van der Waals surface area contributed by atoms with E-state index in [0.717, 1.165) is 44.5 Å². The Kier molecular flexibility index (Phi) is 8.92. The molecule has 1 aromatic rings. The van der Waals surface area contributed by atoms with Gasteiger partial charge in [0.1, 0.15) is 18.0 Å². The number of morpholine rings is 1. The van der Waals surface area contributed by atoms with E-state index in [1.54, 1.807) is 6.07 Å². The Hall–Kier alpha value is -1.87. The van der Waals surface area contributed by atoms with Crippen molar-refractivity contribution in [2.75, 3.05) is 66.1 Å². The van der Waals surface area contributed by atoms with Crippen LogP contribution >= 0.6 is 11.6 Å². The summed E-state index contributed by atoms with van der Waals surface area (Å²) < 4.78 is 18.1. The molecule has 0 bridgehead atoms. The molecule has 194 valence electrons. The van der Waals surface area contributed by atoms with E-state index in [9.17, 15) is 9.59 Å². The number of ether oxygens (including phenoxy) is 3. The van der Waals surface area contributed by atoms with Gasteiger partial charge in [0.05, 0.1) is 25.7 Å². The van der Waals surface area contributed by atoms with Crippen molar-refractivity contribution < 1.29 is 23.8 Å². The van der Waals surface area contributed by atoms with Crippen LogP contribution in [-0.2, 0) is 19.1 Å². The van der Waals surface area contributed by atoms with Gasteiger partial charge in [-0.3, -0.25) is 9.59 Å². The zero-order valence-electron chi connectivity index (χ0n) is 21.0. The highest BCUT2D eigenvalue weighted by Crippen LogP contribution is 2.28. The molecule has 0 aromatic heterocycles. The topological polar surface area (TPSA) is 71.6 Å². The van der Waals surface area contributed by atoms with Gasteiger partial charge in [-0.1, -0.05) is 11.6 Å². The highest BCUT2D eigenvalue weighted by atomic mass is 35.5. The number of likely N-dealkylation sites (N-methyl/N-ethyl adjacent to an activating group) is 1. The second-order valence-electron chi connectivity index (χ2n) is 10.1. The van der Waals surface area contributed by atoms with Crippen molar-refractivity contribution in [3.8, 4) is 5.75 Å². The SMILES string of the molecule is Cc1cc(OC[C@@]2(CC(=O)N3CCN(C)CC3)CN(C(=O)CC[C@H]3CCCO3)CCO2)ccc1Cl. The van der Waals surface area contributed by atoms with E-state index in [2.05, 4.69) is 11.9 Å². The van der Waals surface area contributed by atoms with Gasteiger partial charge in [-0.05, 0) is 57.0 Å². The summed E-state index contributed by atoms with van der Waals surface area (Å²) in [6, 6.07) is 5.50. The van der Waals surface area contributed by atoms with E-state index in [1.165, 1.54) is 0 Å².